The summed E-state index contributed by atoms with van der Waals surface area (Å²) in [5, 5.41) is 9.75. The highest BCUT2D eigenvalue weighted by Gasteiger charge is 2.50. The molecule has 1 aromatic rings. The molecule has 0 aromatic heterocycles. The van der Waals surface area contributed by atoms with Gasteiger partial charge in [-0.15, -0.1) is 0 Å². The number of halogens is 4. The summed E-state index contributed by atoms with van der Waals surface area (Å²) in [6.45, 7) is 4.09. The first kappa shape index (κ1) is 18.2. The van der Waals surface area contributed by atoms with Crippen molar-refractivity contribution in [3.63, 3.8) is 0 Å². The molecule has 5 nitrogen and oxygen atoms in total. The smallest absolute Gasteiger partial charge is 0.263 e. The zero-order valence-corrected chi connectivity index (χ0v) is 15.7. The van der Waals surface area contributed by atoms with Gasteiger partial charge in [0.2, 0.25) is 0 Å². The number of imide groups is 1. The normalized spacial score (nSPS) is 30.0. The minimum absolute atomic E-state index is 0.0424. The topological polar surface area (TPSA) is 66.8 Å². The number of rotatable bonds is 1. The highest BCUT2D eigenvalue weighted by atomic mass is 35.5. The maximum Gasteiger partial charge on any atom is 0.263 e. The van der Waals surface area contributed by atoms with Crippen LogP contribution in [0.1, 0.15) is 34.6 Å². The van der Waals surface area contributed by atoms with Crippen molar-refractivity contribution in [3.05, 3.63) is 31.2 Å². The fourth-order valence-electron chi connectivity index (χ4n) is 3.10. The van der Waals surface area contributed by atoms with Crippen LogP contribution in [0.2, 0.25) is 20.1 Å². The van der Waals surface area contributed by atoms with Crippen molar-refractivity contribution in [2.45, 2.75) is 26.2 Å². The summed E-state index contributed by atoms with van der Waals surface area (Å²) < 4.78 is 5.28. The second kappa shape index (κ2) is 6.31. The van der Waals surface area contributed by atoms with Crippen LogP contribution in [0.3, 0.4) is 0 Å². The third kappa shape index (κ3) is 2.45. The molecule has 1 N–H and O–H groups in total. The predicted octanol–water partition coefficient (Wildman–Crippen LogP) is 3.89. The van der Waals surface area contributed by atoms with Crippen LogP contribution in [0.25, 0.3) is 0 Å². The first-order valence-corrected chi connectivity index (χ1v) is 8.73. The maximum atomic E-state index is 12.8. The number of benzene rings is 1. The molecule has 9 heteroatoms. The van der Waals surface area contributed by atoms with Crippen LogP contribution in [0, 0.1) is 11.8 Å². The average Bonchev–Trinajstić information content (AvgIpc) is 2.79. The average molecular weight is 413 g/mol. The van der Waals surface area contributed by atoms with E-state index in [1.54, 1.807) is 0 Å². The Balaban J connectivity index is 2.14. The molecule has 4 atom stereocenters. The molecule has 2 heterocycles. The molecule has 2 aliphatic heterocycles. The molecule has 0 saturated carbocycles. The van der Waals surface area contributed by atoms with Crippen LogP contribution in [0.4, 0.5) is 0 Å². The van der Waals surface area contributed by atoms with Crippen LogP contribution < -0.4 is 0 Å². The summed E-state index contributed by atoms with van der Waals surface area (Å²) in [6, 6.07) is -0.856. The number of aliphatic hydroxyl groups excluding tert-OH is 1. The Morgan fingerprint density at radius 1 is 0.958 bits per heavy atom. The van der Waals surface area contributed by atoms with E-state index in [1.165, 1.54) is 0 Å². The van der Waals surface area contributed by atoms with E-state index in [9.17, 15) is 14.7 Å². The lowest BCUT2D eigenvalue weighted by molar-refractivity contribution is -0.187. The highest BCUT2D eigenvalue weighted by Crippen LogP contribution is 2.46. The van der Waals surface area contributed by atoms with Gasteiger partial charge in [0.15, 0.2) is 6.29 Å². The van der Waals surface area contributed by atoms with E-state index in [2.05, 4.69) is 0 Å². The molecule has 3 rings (SSSR count). The van der Waals surface area contributed by atoms with Crippen LogP contribution in [-0.2, 0) is 4.74 Å². The van der Waals surface area contributed by atoms with Crippen molar-refractivity contribution in [1.29, 1.82) is 0 Å². The molecule has 0 spiro atoms. The van der Waals surface area contributed by atoms with Crippen molar-refractivity contribution >= 4 is 58.2 Å². The van der Waals surface area contributed by atoms with E-state index in [1.807, 2.05) is 13.8 Å². The Morgan fingerprint density at radius 2 is 1.42 bits per heavy atom. The van der Waals surface area contributed by atoms with Gasteiger partial charge in [-0.2, -0.15) is 0 Å². The lowest BCUT2D eigenvalue weighted by Crippen LogP contribution is -2.56. The van der Waals surface area contributed by atoms with Gasteiger partial charge in [0.05, 0.1) is 43.9 Å². The van der Waals surface area contributed by atoms with Gasteiger partial charge < -0.3 is 9.84 Å². The standard InChI is InChI=1S/C15H13Cl4NO4/c1-4-3-24-15(23)12(5(4)2)20-13(21)6-7(14(20)22)9(17)11(19)10(18)8(6)16/h4-5,12,15,23H,3H2,1-2H3. The Bertz CT molecular complexity index is 707. The second-order valence-corrected chi connectivity index (χ2v) is 7.55. The van der Waals surface area contributed by atoms with Crippen molar-refractivity contribution < 1.29 is 19.4 Å². The summed E-state index contributed by atoms with van der Waals surface area (Å²) in [7, 11) is 0. The lowest BCUT2D eigenvalue weighted by Gasteiger charge is -2.41. The number of hydrogen-bond acceptors (Lipinski definition) is 4. The van der Waals surface area contributed by atoms with E-state index >= 15 is 0 Å². The predicted molar refractivity (Wildman–Crippen MR) is 91.1 cm³/mol. The number of amides is 2. The van der Waals surface area contributed by atoms with E-state index in [0.717, 1.165) is 4.90 Å². The van der Waals surface area contributed by atoms with Crippen LogP contribution in [0.15, 0.2) is 0 Å². The van der Waals surface area contributed by atoms with Gasteiger partial charge in [0, 0.05) is 0 Å². The Hall–Kier alpha value is -0.560. The number of aliphatic hydroxyl groups is 1. The number of hydrogen-bond donors (Lipinski definition) is 1. The van der Waals surface area contributed by atoms with Gasteiger partial charge >= 0.3 is 0 Å². The molecular weight excluding hydrogens is 400 g/mol. The number of carbonyl (C=O) groups is 2. The van der Waals surface area contributed by atoms with E-state index < -0.39 is 24.1 Å². The summed E-state index contributed by atoms with van der Waals surface area (Å²) in [5.41, 5.74) is -0.197. The molecule has 1 fully saturated rings. The summed E-state index contributed by atoms with van der Waals surface area (Å²) >= 11 is 24.2. The van der Waals surface area contributed by atoms with Crippen molar-refractivity contribution in [1.82, 2.24) is 4.90 Å². The van der Waals surface area contributed by atoms with E-state index in [0.29, 0.717) is 6.61 Å². The third-order valence-corrected chi connectivity index (χ3v) is 6.49. The fourth-order valence-corrected chi connectivity index (χ4v) is 4.11. The monoisotopic (exact) mass is 411 g/mol. The molecule has 24 heavy (non-hydrogen) atoms. The Morgan fingerprint density at radius 3 is 1.88 bits per heavy atom. The molecule has 0 radical (unpaired) electrons. The molecule has 0 aliphatic carbocycles. The van der Waals surface area contributed by atoms with Gasteiger partial charge in [-0.25, -0.2) is 0 Å². The summed E-state index contributed by atoms with van der Waals surface area (Å²) in [6.07, 6.45) is -1.29. The molecule has 1 aromatic carbocycles. The number of fused-ring (bicyclic) bond motifs is 1. The van der Waals surface area contributed by atoms with Crippen LogP contribution >= 0.6 is 46.4 Å². The molecule has 2 amide bonds. The summed E-state index contributed by atoms with van der Waals surface area (Å²) in [4.78, 5) is 26.6. The van der Waals surface area contributed by atoms with Gasteiger partial charge in [-0.05, 0) is 11.8 Å². The van der Waals surface area contributed by atoms with E-state index in [-0.39, 0.29) is 43.1 Å². The van der Waals surface area contributed by atoms with Crippen molar-refractivity contribution in [2.24, 2.45) is 11.8 Å². The number of nitrogens with zero attached hydrogens (tertiary/aromatic N) is 1. The number of ether oxygens (including phenoxy) is 1. The minimum Gasteiger partial charge on any atom is -0.366 e. The van der Waals surface area contributed by atoms with Gasteiger partial charge in [0.25, 0.3) is 11.8 Å². The first-order chi connectivity index (χ1) is 11.2. The zero-order valence-electron chi connectivity index (χ0n) is 12.6. The molecular formula is C15H13Cl4NO4. The quantitative estimate of drug-likeness (QED) is 0.431. The fraction of sp³-hybridized carbons (Fsp3) is 0.467. The largest absolute Gasteiger partial charge is 0.366 e. The molecule has 4 unspecified atom stereocenters. The number of carbonyl (C=O) groups excluding carboxylic acids is 2. The van der Waals surface area contributed by atoms with E-state index in [4.69, 9.17) is 51.1 Å². The highest BCUT2D eigenvalue weighted by molar-refractivity contribution is 6.55. The molecule has 0 bridgehead atoms. The molecule has 2 aliphatic rings. The van der Waals surface area contributed by atoms with Crippen LogP contribution in [0.5, 0.6) is 0 Å². The van der Waals surface area contributed by atoms with Gasteiger partial charge in [-0.1, -0.05) is 60.3 Å². The zero-order chi connectivity index (χ0) is 17.9. The maximum absolute atomic E-state index is 12.8. The lowest BCUT2D eigenvalue weighted by atomic mass is 9.86. The second-order valence-electron chi connectivity index (χ2n) is 6.04. The van der Waals surface area contributed by atoms with Gasteiger partial charge in [0.1, 0.15) is 0 Å². The minimum atomic E-state index is -1.29. The molecule has 1 saturated heterocycles. The van der Waals surface area contributed by atoms with Crippen molar-refractivity contribution in [3.8, 4) is 0 Å². The SMILES string of the molecule is CC1COC(O)C(N2C(=O)c3c(Cl)c(Cl)c(Cl)c(Cl)c3C2=O)C1C. The first-order valence-electron chi connectivity index (χ1n) is 7.22. The van der Waals surface area contributed by atoms with Gasteiger partial charge in [-0.3, -0.25) is 14.5 Å². The third-order valence-electron chi connectivity index (χ3n) is 4.69. The molecule has 130 valence electrons. The summed E-state index contributed by atoms with van der Waals surface area (Å²) in [5.74, 6) is -1.48. The van der Waals surface area contributed by atoms with Crippen LogP contribution in [-0.4, -0.2) is 40.8 Å². The Labute approximate surface area is 158 Å². The van der Waals surface area contributed by atoms with Crippen molar-refractivity contribution in [2.75, 3.05) is 6.61 Å². The Kier molecular flexibility index (Phi) is 4.79.